The molecule has 210 valence electrons. The van der Waals surface area contributed by atoms with Crippen LogP contribution >= 0.6 is 0 Å². The Hall–Kier alpha value is -4.36. The van der Waals surface area contributed by atoms with Crippen LogP contribution in [0.15, 0.2) is 97.1 Å². The molecule has 4 rings (SSSR count). The first-order valence-electron chi connectivity index (χ1n) is 12.7. The third-order valence-electron chi connectivity index (χ3n) is 6.82. The molecule has 0 atom stereocenters. The number of halogens is 6. The summed E-state index contributed by atoms with van der Waals surface area (Å²) in [5.41, 5.74) is 3.58. The number of aliphatic hydroxyl groups is 1. The number of alkyl halides is 1. The number of rotatable bonds is 9. The molecule has 0 radical (unpaired) electrons. The molecule has 0 aliphatic rings. The van der Waals surface area contributed by atoms with Crippen LogP contribution in [0.4, 0.5) is 26.3 Å². The maximum atomic E-state index is 14.3. The molecule has 0 heterocycles. The zero-order valence-corrected chi connectivity index (χ0v) is 22.1. The van der Waals surface area contributed by atoms with Gasteiger partial charge >= 0.3 is 0 Å². The van der Waals surface area contributed by atoms with Crippen molar-refractivity contribution in [2.24, 2.45) is 0 Å². The van der Waals surface area contributed by atoms with E-state index in [0.717, 1.165) is 40.6 Å². The van der Waals surface area contributed by atoms with E-state index in [4.69, 9.17) is 0 Å². The molecule has 0 saturated carbocycles. The Morgan fingerprint density at radius 1 is 0.902 bits per heavy atom. The summed E-state index contributed by atoms with van der Waals surface area (Å²) in [6.45, 7) is 3.16. The van der Waals surface area contributed by atoms with Crippen LogP contribution in [0.5, 0.6) is 0 Å². The normalized spacial score (nSPS) is 12.7. The second kappa shape index (κ2) is 12.9. The molecule has 0 bridgehead atoms. The molecular weight excluding hydrogens is 538 g/mol. The lowest BCUT2D eigenvalue weighted by Crippen LogP contribution is -2.04. The van der Waals surface area contributed by atoms with Crippen LogP contribution in [0, 0.1) is 17.5 Å². The number of benzene rings is 4. The minimum Gasteiger partial charge on any atom is -0.392 e. The molecule has 0 saturated heterocycles. The van der Waals surface area contributed by atoms with Crippen molar-refractivity contribution in [1.82, 2.24) is 0 Å². The van der Waals surface area contributed by atoms with Crippen molar-refractivity contribution in [3.8, 4) is 0 Å². The van der Waals surface area contributed by atoms with Crippen molar-refractivity contribution in [1.29, 1.82) is 0 Å². The Morgan fingerprint density at radius 3 is 2.22 bits per heavy atom. The Bertz CT molecular complexity index is 1690. The Morgan fingerprint density at radius 2 is 1.56 bits per heavy atom. The third kappa shape index (κ3) is 6.52. The van der Waals surface area contributed by atoms with Gasteiger partial charge in [-0.3, -0.25) is 0 Å². The highest BCUT2D eigenvalue weighted by Crippen LogP contribution is 2.35. The van der Waals surface area contributed by atoms with Crippen LogP contribution in [0.1, 0.15) is 40.3 Å². The van der Waals surface area contributed by atoms with Crippen molar-refractivity contribution >= 4 is 28.0 Å². The lowest BCUT2D eigenvalue weighted by Gasteiger charge is -2.19. The Labute approximate surface area is 234 Å². The van der Waals surface area contributed by atoms with E-state index in [-0.39, 0.29) is 17.6 Å². The van der Waals surface area contributed by atoms with Crippen LogP contribution in [-0.4, -0.2) is 11.8 Å². The van der Waals surface area contributed by atoms with E-state index in [1.54, 1.807) is 37.3 Å². The molecule has 1 nitrogen and oxygen atoms in total. The molecule has 0 aliphatic carbocycles. The van der Waals surface area contributed by atoms with Crippen molar-refractivity contribution in [3.63, 3.8) is 0 Å². The molecule has 1 N–H and O–H groups in total. The summed E-state index contributed by atoms with van der Waals surface area (Å²) < 4.78 is 82.4. The lowest BCUT2D eigenvalue weighted by molar-refractivity contribution is 0.280. The number of aliphatic hydroxyl groups excluding tert-OH is 1. The van der Waals surface area contributed by atoms with Gasteiger partial charge in [0.2, 0.25) is 0 Å². The van der Waals surface area contributed by atoms with Crippen LogP contribution in [0.3, 0.4) is 0 Å². The second-order valence-corrected chi connectivity index (χ2v) is 9.43. The summed E-state index contributed by atoms with van der Waals surface area (Å²) in [6.07, 6.45) is 3.92. The highest BCUT2D eigenvalue weighted by Gasteiger charge is 2.18. The van der Waals surface area contributed by atoms with Gasteiger partial charge in [-0.05, 0) is 99.0 Å². The number of fused-ring (bicyclic) bond motifs is 1. The molecule has 0 spiro atoms. The number of hydrogen-bond donors (Lipinski definition) is 1. The highest BCUT2D eigenvalue weighted by atomic mass is 19.2. The van der Waals surface area contributed by atoms with E-state index in [1.807, 2.05) is 30.3 Å². The van der Waals surface area contributed by atoms with Crippen molar-refractivity contribution in [2.45, 2.75) is 20.0 Å². The average molecular weight is 565 g/mol. The van der Waals surface area contributed by atoms with Gasteiger partial charge < -0.3 is 5.11 Å². The number of allylic oxidation sites excluding steroid dienone is 6. The molecule has 41 heavy (non-hydrogen) atoms. The smallest absolute Gasteiger partial charge is 0.194 e. The van der Waals surface area contributed by atoms with Crippen LogP contribution in [0.2, 0.25) is 0 Å². The first-order valence-corrected chi connectivity index (χ1v) is 12.7. The Balaban J connectivity index is 1.89. The summed E-state index contributed by atoms with van der Waals surface area (Å²) in [6, 6.07) is 18.1. The molecule has 0 amide bonds. The fraction of sp³-hybridized carbons (Fsp3) is 0.118. The molecule has 0 fully saturated rings. The van der Waals surface area contributed by atoms with Gasteiger partial charge in [-0.25, -0.2) is 26.3 Å². The van der Waals surface area contributed by atoms with E-state index in [1.165, 1.54) is 0 Å². The monoisotopic (exact) mass is 564 g/mol. The first-order chi connectivity index (χ1) is 19.6. The SMILES string of the molecule is C=C(F)/C(F)=C\C(=C/CF)c1cc2ccccc2c(Cc2ccccc2/C=C(\C)c2cc(F)c(F)c(F)c2)c1CO. The summed E-state index contributed by atoms with van der Waals surface area (Å²) in [7, 11) is 0. The average Bonchev–Trinajstić information content (AvgIpc) is 2.95. The quantitative estimate of drug-likeness (QED) is 0.0929. The third-order valence-corrected chi connectivity index (χ3v) is 6.82. The second-order valence-electron chi connectivity index (χ2n) is 9.43. The topological polar surface area (TPSA) is 20.2 Å². The maximum absolute atomic E-state index is 14.3. The van der Waals surface area contributed by atoms with E-state index in [9.17, 15) is 31.4 Å². The molecule has 4 aromatic carbocycles. The predicted molar refractivity (Wildman–Crippen MR) is 152 cm³/mol. The molecule has 4 aromatic rings. The van der Waals surface area contributed by atoms with Crippen molar-refractivity contribution in [3.05, 3.63) is 148 Å². The van der Waals surface area contributed by atoms with Gasteiger partial charge in [0.1, 0.15) is 6.67 Å². The van der Waals surface area contributed by atoms with E-state index in [2.05, 4.69) is 6.58 Å². The zero-order valence-electron chi connectivity index (χ0n) is 22.1. The summed E-state index contributed by atoms with van der Waals surface area (Å²) in [4.78, 5) is 0. The van der Waals surface area contributed by atoms with Gasteiger partial charge in [-0.15, -0.1) is 0 Å². The van der Waals surface area contributed by atoms with Crippen molar-refractivity contribution in [2.75, 3.05) is 6.67 Å². The minimum atomic E-state index is -1.54. The molecule has 7 heteroatoms. The van der Waals surface area contributed by atoms with E-state index < -0.39 is 42.4 Å². The summed E-state index contributed by atoms with van der Waals surface area (Å²) in [5, 5.41) is 12.0. The summed E-state index contributed by atoms with van der Waals surface area (Å²) in [5.74, 6) is -6.70. The van der Waals surface area contributed by atoms with E-state index >= 15 is 0 Å². The van der Waals surface area contributed by atoms with Gasteiger partial charge in [0.15, 0.2) is 29.1 Å². The Kier molecular flexibility index (Phi) is 9.30. The van der Waals surface area contributed by atoms with Crippen molar-refractivity contribution < 1.29 is 31.4 Å². The van der Waals surface area contributed by atoms with Gasteiger partial charge in [0.25, 0.3) is 0 Å². The largest absolute Gasteiger partial charge is 0.392 e. The molecule has 0 aliphatic heterocycles. The predicted octanol–water partition coefficient (Wildman–Crippen LogP) is 9.59. The summed E-state index contributed by atoms with van der Waals surface area (Å²) >= 11 is 0. The van der Waals surface area contributed by atoms with Gasteiger partial charge in [-0.2, -0.15) is 0 Å². The highest BCUT2D eigenvalue weighted by molar-refractivity contribution is 5.93. The van der Waals surface area contributed by atoms with Gasteiger partial charge in [0.05, 0.1) is 6.61 Å². The molecule has 0 aromatic heterocycles. The fourth-order valence-corrected chi connectivity index (χ4v) is 4.78. The van der Waals surface area contributed by atoms with Crippen LogP contribution in [-0.2, 0) is 13.0 Å². The minimum absolute atomic E-state index is 0.0456. The first kappa shape index (κ1) is 29.6. The van der Waals surface area contributed by atoms with Crippen LogP contribution < -0.4 is 0 Å². The fourth-order valence-electron chi connectivity index (χ4n) is 4.78. The van der Waals surface area contributed by atoms with Gasteiger partial charge in [0, 0.05) is 0 Å². The van der Waals surface area contributed by atoms with Crippen LogP contribution in [0.25, 0.3) is 28.0 Å². The van der Waals surface area contributed by atoms with Gasteiger partial charge in [-0.1, -0.05) is 61.2 Å². The standard InChI is InChI=1S/C34H26F6O/c1-20(26-17-32(38)34(40)33(39)18-26)13-22-7-3-4-8-23(22)14-29-27-10-6-5-9-24(27)15-28(30(29)19-41)25(11-12-35)16-31(37)21(2)36/h3-11,13,15-18,41H,2,12,14,19H2,1H3/b20-13+,25-11+,31-16+. The molecular formula is C34H26F6O. The number of hydrogen-bond acceptors (Lipinski definition) is 1. The maximum Gasteiger partial charge on any atom is 0.194 e. The zero-order chi connectivity index (χ0) is 29.7. The van der Waals surface area contributed by atoms with E-state index in [0.29, 0.717) is 27.8 Å². The lowest BCUT2D eigenvalue weighted by atomic mass is 9.86. The molecule has 0 unspecified atom stereocenters.